The molecule has 0 saturated heterocycles. The molecule has 6 heteroatoms. The topological polar surface area (TPSA) is 64.7 Å². The Hall–Kier alpha value is -2.86. The summed E-state index contributed by atoms with van der Waals surface area (Å²) >= 11 is 0. The maximum absolute atomic E-state index is 13.2. The Morgan fingerprint density at radius 2 is 1.79 bits per heavy atom. The van der Waals surface area contributed by atoms with E-state index < -0.39 is 0 Å². The third-order valence-corrected chi connectivity index (χ3v) is 3.19. The summed E-state index contributed by atoms with van der Waals surface area (Å²) in [5, 5.41) is 8.71. The molecule has 0 unspecified atom stereocenters. The molecule has 0 saturated carbocycles. The minimum Gasteiger partial charge on any atom is -0.491 e. The van der Waals surface area contributed by atoms with E-state index in [1.165, 1.54) is 18.4 Å². The number of hydrogen-bond acceptors (Lipinski definition) is 5. The summed E-state index contributed by atoms with van der Waals surface area (Å²) in [7, 11) is 0. The second kappa shape index (κ2) is 7.61. The van der Waals surface area contributed by atoms with Gasteiger partial charge in [0.1, 0.15) is 42.5 Å². The minimum atomic E-state index is -0.341. The van der Waals surface area contributed by atoms with Crippen LogP contribution in [0.5, 0.6) is 11.5 Å². The molecule has 0 aliphatic rings. The first-order chi connectivity index (χ1) is 11.7. The number of aliphatic hydroxyl groups is 1. The number of rotatable bonds is 7. The van der Waals surface area contributed by atoms with E-state index in [-0.39, 0.29) is 25.6 Å². The Bertz CT molecular complexity index is 786. The molecule has 3 rings (SSSR count). The van der Waals surface area contributed by atoms with Crippen molar-refractivity contribution in [3.05, 3.63) is 66.3 Å². The number of ether oxygens (including phenoxy) is 2. The predicted molar refractivity (Wildman–Crippen MR) is 85.3 cm³/mol. The molecule has 0 radical (unpaired) electrons. The molecule has 24 heavy (non-hydrogen) atoms. The van der Waals surface area contributed by atoms with Gasteiger partial charge in [-0.3, -0.25) is 0 Å². The maximum Gasteiger partial charge on any atom is 0.226 e. The molecule has 0 atom stereocenters. The van der Waals surface area contributed by atoms with Crippen molar-refractivity contribution < 1.29 is 23.4 Å². The Morgan fingerprint density at radius 1 is 1.04 bits per heavy atom. The number of oxazole rings is 1. The second-order valence-corrected chi connectivity index (χ2v) is 4.99. The van der Waals surface area contributed by atoms with Crippen LogP contribution < -0.4 is 9.47 Å². The van der Waals surface area contributed by atoms with Crippen LogP contribution in [0.4, 0.5) is 4.39 Å². The molecule has 0 spiro atoms. The van der Waals surface area contributed by atoms with E-state index in [1.807, 2.05) is 0 Å². The molecule has 1 N–H and O–H groups in total. The van der Waals surface area contributed by atoms with Gasteiger partial charge in [-0.25, -0.2) is 9.37 Å². The fourth-order valence-corrected chi connectivity index (χ4v) is 2.08. The van der Waals surface area contributed by atoms with Gasteiger partial charge in [-0.2, -0.15) is 0 Å². The lowest BCUT2D eigenvalue weighted by Crippen LogP contribution is -2.01. The molecule has 0 aliphatic carbocycles. The number of hydrogen-bond donors (Lipinski definition) is 1. The summed E-state index contributed by atoms with van der Waals surface area (Å²) in [5.41, 5.74) is 1.18. The van der Waals surface area contributed by atoms with Crippen LogP contribution in [0.25, 0.3) is 11.5 Å². The average molecular weight is 329 g/mol. The Morgan fingerprint density at radius 3 is 2.50 bits per heavy atom. The van der Waals surface area contributed by atoms with E-state index in [1.54, 1.807) is 36.4 Å². The lowest BCUT2D eigenvalue weighted by molar-refractivity contribution is 0.201. The first-order valence-electron chi connectivity index (χ1n) is 7.41. The monoisotopic (exact) mass is 329 g/mol. The van der Waals surface area contributed by atoms with Crippen molar-refractivity contribution in [3.63, 3.8) is 0 Å². The maximum atomic E-state index is 13.2. The Balaban J connectivity index is 1.59. The fraction of sp³-hybridized carbons (Fsp3) is 0.167. The lowest BCUT2D eigenvalue weighted by Gasteiger charge is -2.06. The highest BCUT2D eigenvalue weighted by atomic mass is 19.1. The van der Waals surface area contributed by atoms with E-state index >= 15 is 0 Å². The van der Waals surface area contributed by atoms with Gasteiger partial charge in [0.15, 0.2) is 0 Å². The summed E-state index contributed by atoms with van der Waals surface area (Å²) in [4.78, 5) is 4.28. The van der Waals surface area contributed by atoms with Crippen LogP contribution in [0.15, 0.2) is 59.2 Å². The van der Waals surface area contributed by atoms with Gasteiger partial charge in [-0.1, -0.05) is 6.07 Å². The van der Waals surface area contributed by atoms with Crippen LogP contribution in [-0.4, -0.2) is 23.3 Å². The zero-order valence-electron chi connectivity index (χ0n) is 12.8. The molecular formula is C18H16FNO4. The SMILES string of the molecule is OCCOc1ccc(OCc2coc(-c3cccc(F)c3)n2)cc1. The largest absolute Gasteiger partial charge is 0.491 e. The highest BCUT2D eigenvalue weighted by molar-refractivity contribution is 5.52. The smallest absolute Gasteiger partial charge is 0.226 e. The summed E-state index contributed by atoms with van der Waals surface area (Å²) in [6.45, 7) is 0.454. The van der Waals surface area contributed by atoms with Crippen LogP contribution >= 0.6 is 0 Å². The summed E-state index contributed by atoms with van der Waals surface area (Å²) in [6.07, 6.45) is 1.49. The van der Waals surface area contributed by atoms with Crippen molar-refractivity contribution in [2.45, 2.75) is 6.61 Å². The fourth-order valence-electron chi connectivity index (χ4n) is 2.08. The van der Waals surface area contributed by atoms with Crippen molar-refractivity contribution >= 4 is 0 Å². The van der Waals surface area contributed by atoms with Crippen LogP contribution in [-0.2, 0) is 6.61 Å². The molecule has 0 amide bonds. The summed E-state index contributed by atoms with van der Waals surface area (Å²) in [6, 6.07) is 13.1. The number of halogens is 1. The zero-order valence-corrected chi connectivity index (χ0v) is 12.8. The minimum absolute atomic E-state index is 0.0297. The molecule has 1 aromatic heterocycles. The second-order valence-electron chi connectivity index (χ2n) is 4.99. The third-order valence-electron chi connectivity index (χ3n) is 3.19. The molecule has 124 valence electrons. The van der Waals surface area contributed by atoms with E-state index in [0.29, 0.717) is 28.6 Å². The van der Waals surface area contributed by atoms with Crippen molar-refractivity contribution in [3.8, 4) is 23.0 Å². The van der Waals surface area contributed by atoms with E-state index in [2.05, 4.69) is 4.98 Å². The van der Waals surface area contributed by atoms with Gasteiger partial charge in [-0.15, -0.1) is 0 Å². The predicted octanol–water partition coefficient (Wildman–Crippen LogP) is 3.43. The van der Waals surface area contributed by atoms with Crippen LogP contribution in [0.3, 0.4) is 0 Å². The quantitative estimate of drug-likeness (QED) is 0.719. The standard InChI is InChI=1S/C18H16FNO4/c19-14-3-1-2-13(10-14)18-20-15(12-24-18)11-23-17-6-4-16(5-7-17)22-9-8-21/h1-7,10,12,21H,8-9,11H2. The van der Waals surface area contributed by atoms with Crippen molar-refractivity contribution in [2.75, 3.05) is 13.2 Å². The number of aliphatic hydroxyl groups excluding tert-OH is 1. The number of nitrogens with zero attached hydrogens (tertiary/aromatic N) is 1. The summed E-state index contributed by atoms with van der Waals surface area (Å²) < 4.78 is 29.5. The molecule has 0 fully saturated rings. The Kier molecular flexibility index (Phi) is 5.08. The number of benzene rings is 2. The van der Waals surface area contributed by atoms with E-state index in [0.717, 1.165) is 0 Å². The van der Waals surface area contributed by atoms with Crippen molar-refractivity contribution in [1.29, 1.82) is 0 Å². The van der Waals surface area contributed by atoms with Gasteiger partial charge >= 0.3 is 0 Å². The molecule has 5 nitrogen and oxygen atoms in total. The molecule has 0 bridgehead atoms. The lowest BCUT2D eigenvalue weighted by atomic mass is 10.2. The van der Waals surface area contributed by atoms with Crippen LogP contribution in [0, 0.1) is 5.82 Å². The molecule has 1 heterocycles. The summed E-state index contributed by atoms with van der Waals surface area (Å²) in [5.74, 6) is 1.32. The van der Waals surface area contributed by atoms with Crippen molar-refractivity contribution in [1.82, 2.24) is 4.98 Å². The first kappa shape index (κ1) is 16.0. The highest BCUT2D eigenvalue weighted by Gasteiger charge is 2.08. The van der Waals surface area contributed by atoms with E-state index in [4.69, 9.17) is 19.0 Å². The van der Waals surface area contributed by atoms with Crippen LogP contribution in [0.2, 0.25) is 0 Å². The van der Waals surface area contributed by atoms with Gasteiger partial charge in [0.05, 0.1) is 6.61 Å². The molecular weight excluding hydrogens is 313 g/mol. The van der Waals surface area contributed by atoms with Crippen molar-refractivity contribution in [2.24, 2.45) is 0 Å². The Labute approximate surface area is 138 Å². The van der Waals surface area contributed by atoms with Gasteiger partial charge in [0.2, 0.25) is 5.89 Å². The molecule has 2 aromatic carbocycles. The third kappa shape index (κ3) is 4.11. The highest BCUT2D eigenvalue weighted by Crippen LogP contribution is 2.21. The average Bonchev–Trinajstić information content (AvgIpc) is 3.08. The first-order valence-corrected chi connectivity index (χ1v) is 7.41. The van der Waals surface area contributed by atoms with Gasteiger partial charge < -0.3 is 19.0 Å². The van der Waals surface area contributed by atoms with Gasteiger partial charge in [0.25, 0.3) is 0 Å². The van der Waals surface area contributed by atoms with Gasteiger partial charge in [0, 0.05) is 5.56 Å². The van der Waals surface area contributed by atoms with Gasteiger partial charge in [-0.05, 0) is 42.5 Å². The van der Waals surface area contributed by atoms with E-state index in [9.17, 15) is 4.39 Å². The zero-order chi connectivity index (χ0) is 16.8. The normalized spacial score (nSPS) is 10.6. The van der Waals surface area contributed by atoms with Crippen LogP contribution in [0.1, 0.15) is 5.69 Å². The molecule has 3 aromatic rings. The molecule has 0 aliphatic heterocycles. The number of aromatic nitrogens is 1.